The molecule has 4 nitrogen and oxygen atoms in total. The van der Waals surface area contributed by atoms with Gasteiger partial charge in [0, 0.05) is 28.1 Å². The largest absolute Gasteiger partial charge is 0.491 e. The summed E-state index contributed by atoms with van der Waals surface area (Å²) in [5, 5.41) is 4.48. The number of likely N-dealkylation sites (tertiary alicyclic amines) is 1. The van der Waals surface area contributed by atoms with E-state index in [1.165, 1.54) is 5.56 Å². The Labute approximate surface area is 183 Å². The molecule has 0 unspecified atom stereocenters. The molecule has 6 heteroatoms. The Morgan fingerprint density at radius 1 is 1.14 bits per heavy atom. The third-order valence-corrected chi connectivity index (χ3v) is 6.02. The monoisotopic (exact) mass is 434 g/mol. The first-order valence-electron chi connectivity index (χ1n) is 10.1. The van der Waals surface area contributed by atoms with Crippen molar-refractivity contribution in [3.63, 3.8) is 0 Å². The maximum Gasteiger partial charge on any atom is 0.223 e. The van der Waals surface area contributed by atoms with Crippen molar-refractivity contribution in [2.45, 2.75) is 39.3 Å². The number of hydrogen-bond acceptors (Lipinski definition) is 3. The van der Waals surface area contributed by atoms with Crippen LogP contribution in [0.4, 0.5) is 0 Å². The van der Waals surface area contributed by atoms with Crippen molar-refractivity contribution in [2.24, 2.45) is 5.92 Å². The van der Waals surface area contributed by atoms with Crippen LogP contribution in [0.3, 0.4) is 0 Å². The van der Waals surface area contributed by atoms with Crippen LogP contribution < -0.4 is 10.1 Å². The van der Waals surface area contributed by atoms with E-state index in [4.69, 9.17) is 27.9 Å². The van der Waals surface area contributed by atoms with Gasteiger partial charge in [-0.25, -0.2) is 0 Å². The summed E-state index contributed by atoms with van der Waals surface area (Å²) in [6.45, 7) is 6.90. The number of ether oxygens (including phenoxy) is 1. The molecule has 0 aromatic heterocycles. The van der Waals surface area contributed by atoms with Gasteiger partial charge in [-0.05, 0) is 64.0 Å². The Bertz CT molecular complexity index is 798. The highest BCUT2D eigenvalue weighted by Crippen LogP contribution is 2.27. The smallest absolute Gasteiger partial charge is 0.223 e. The molecule has 3 rings (SSSR count). The number of nitrogens with zero attached hydrogens (tertiary/aromatic N) is 1. The van der Waals surface area contributed by atoms with Crippen LogP contribution in [0.25, 0.3) is 0 Å². The van der Waals surface area contributed by atoms with Gasteiger partial charge in [-0.3, -0.25) is 9.69 Å². The molecule has 156 valence electrons. The third kappa shape index (κ3) is 6.36. The molecule has 1 amide bonds. The van der Waals surface area contributed by atoms with Crippen LogP contribution in [0.2, 0.25) is 10.0 Å². The molecule has 0 radical (unpaired) electrons. The van der Waals surface area contributed by atoms with Crippen LogP contribution in [-0.4, -0.2) is 36.5 Å². The van der Waals surface area contributed by atoms with E-state index >= 15 is 0 Å². The molecule has 1 atom stereocenters. The Kier molecular flexibility index (Phi) is 7.82. The number of carbonyl (C=O) groups excluding carboxylic acids is 1. The predicted molar refractivity (Wildman–Crippen MR) is 119 cm³/mol. The lowest BCUT2D eigenvalue weighted by molar-refractivity contribution is -0.127. The minimum atomic E-state index is -0.0382. The maximum atomic E-state index is 12.6. The number of carbonyl (C=O) groups is 1. The summed E-state index contributed by atoms with van der Waals surface area (Å²) in [4.78, 5) is 14.9. The molecule has 0 aliphatic carbocycles. The predicted octanol–water partition coefficient (Wildman–Crippen LogP) is 5.10. The fourth-order valence-corrected chi connectivity index (χ4v) is 4.04. The zero-order valence-electron chi connectivity index (χ0n) is 17.0. The summed E-state index contributed by atoms with van der Waals surface area (Å²) in [6.07, 6.45) is 1.67. The lowest BCUT2D eigenvalue weighted by atomic mass is 9.95. The molecule has 1 fully saturated rings. The van der Waals surface area contributed by atoms with E-state index in [2.05, 4.69) is 10.2 Å². The van der Waals surface area contributed by atoms with E-state index in [9.17, 15) is 4.79 Å². The summed E-state index contributed by atoms with van der Waals surface area (Å²) in [7, 11) is 0. The molecular formula is C23H28Cl2N2O2. The molecule has 0 spiro atoms. The number of amides is 1. The Morgan fingerprint density at radius 2 is 1.76 bits per heavy atom. The topological polar surface area (TPSA) is 41.6 Å². The molecule has 1 aliphatic rings. The first-order valence-corrected chi connectivity index (χ1v) is 10.8. The second kappa shape index (κ2) is 10.3. The molecular weight excluding hydrogens is 407 g/mol. The van der Waals surface area contributed by atoms with Crippen LogP contribution in [0.15, 0.2) is 42.5 Å². The Balaban J connectivity index is 1.41. The summed E-state index contributed by atoms with van der Waals surface area (Å²) in [5.74, 6) is 0.971. The maximum absolute atomic E-state index is 12.6. The van der Waals surface area contributed by atoms with Crippen LogP contribution in [0.1, 0.15) is 30.9 Å². The van der Waals surface area contributed by atoms with E-state index in [-0.39, 0.29) is 17.9 Å². The minimum Gasteiger partial charge on any atom is -0.491 e. The minimum absolute atomic E-state index is 0.0368. The molecule has 2 aromatic carbocycles. The lowest BCUT2D eigenvalue weighted by Gasteiger charge is -2.32. The molecule has 29 heavy (non-hydrogen) atoms. The van der Waals surface area contributed by atoms with Crippen molar-refractivity contribution in [3.05, 3.63) is 63.6 Å². The van der Waals surface area contributed by atoms with Crippen molar-refractivity contribution in [3.8, 4) is 5.75 Å². The lowest BCUT2D eigenvalue weighted by Crippen LogP contribution is -2.44. The number of piperidine rings is 1. The number of rotatable bonds is 7. The number of hydrogen-bond donors (Lipinski definition) is 1. The van der Waals surface area contributed by atoms with Gasteiger partial charge in [0.25, 0.3) is 0 Å². The Hall–Kier alpha value is -1.75. The van der Waals surface area contributed by atoms with Crippen molar-refractivity contribution in [2.75, 3.05) is 19.7 Å². The summed E-state index contributed by atoms with van der Waals surface area (Å²) in [6, 6.07) is 13.5. The van der Waals surface area contributed by atoms with Crippen molar-refractivity contribution in [1.82, 2.24) is 10.2 Å². The summed E-state index contributed by atoms with van der Waals surface area (Å²) in [5.41, 5.74) is 2.16. The number of nitrogens with one attached hydrogen (secondary N) is 1. The molecule has 1 aliphatic heterocycles. The van der Waals surface area contributed by atoms with Crippen LogP contribution in [0.5, 0.6) is 5.75 Å². The normalized spacial score (nSPS) is 16.4. The van der Waals surface area contributed by atoms with Gasteiger partial charge in [0.2, 0.25) is 5.91 Å². The van der Waals surface area contributed by atoms with Gasteiger partial charge in [0.05, 0.1) is 6.04 Å². The number of aryl methyl sites for hydroxylation is 1. The quantitative estimate of drug-likeness (QED) is 0.658. The van der Waals surface area contributed by atoms with E-state index < -0.39 is 0 Å². The van der Waals surface area contributed by atoms with E-state index in [0.29, 0.717) is 23.2 Å². The first kappa shape index (κ1) is 21.9. The fourth-order valence-electron chi connectivity index (χ4n) is 3.52. The molecule has 1 N–H and O–H groups in total. The number of halogens is 2. The summed E-state index contributed by atoms with van der Waals surface area (Å²) < 4.78 is 5.77. The highest BCUT2D eigenvalue weighted by atomic mass is 35.5. The van der Waals surface area contributed by atoms with Gasteiger partial charge in [-0.1, -0.05) is 47.0 Å². The SMILES string of the molecule is Cc1ccc(OC[C@@H](C)NC(=O)C2CCN(Cc3c(Cl)cccc3Cl)CC2)cc1. The molecule has 1 heterocycles. The summed E-state index contributed by atoms with van der Waals surface area (Å²) >= 11 is 12.6. The third-order valence-electron chi connectivity index (χ3n) is 5.31. The van der Waals surface area contributed by atoms with Crippen LogP contribution in [0, 0.1) is 12.8 Å². The van der Waals surface area contributed by atoms with Gasteiger partial charge < -0.3 is 10.1 Å². The average molecular weight is 435 g/mol. The highest BCUT2D eigenvalue weighted by molar-refractivity contribution is 6.35. The second-order valence-electron chi connectivity index (χ2n) is 7.78. The standard InChI is InChI=1S/C23H28Cl2N2O2/c1-16-6-8-19(9-7-16)29-15-17(2)26-23(28)18-10-12-27(13-11-18)14-20-21(24)4-3-5-22(20)25/h3-9,17-18H,10-15H2,1-2H3,(H,26,28)/t17-/m1/s1. The molecule has 0 saturated carbocycles. The zero-order chi connectivity index (χ0) is 20.8. The van der Waals surface area contributed by atoms with E-state index in [1.54, 1.807) is 0 Å². The van der Waals surface area contributed by atoms with Crippen LogP contribution in [-0.2, 0) is 11.3 Å². The van der Waals surface area contributed by atoms with Crippen molar-refractivity contribution >= 4 is 29.1 Å². The van der Waals surface area contributed by atoms with Gasteiger partial charge >= 0.3 is 0 Å². The Morgan fingerprint density at radius 3 is 2.38 bits per heavy atom. The van der Waals surface area contributed by atoms with Gasteiger partial charge in [-0.2, -0.15) is 0 Å². The highest BCUT2D eigenvalue weighted by Gasteiger charge is 2.26. The molecule has 0 bridgehead atoms. The van der Waals surface area contributed by atoms with Gasteiger partial charge in [0.15, 0.2) is 0 Å². The van der Waals surface area contributed by atoms with Gasteiger partial charge in [-0.15, -0.1) is 0 Å². The zero-order valence-corrected chi connectivity index (χ0v) is 18.5. The number of benzene rings is 2. The van der Waals surface area contributed by atoms with Crippen molar-refractivity contribution < 1.29 is 9.53 Å². The molecule has 2 aromatic rings. The first-order chi connectivity index (χ1) is 13.9. The van der Waals surface area contributed by atoms with Gasteiger partial charge in [0.1, 0.15) is 12.4 Å². The van der Waals surface area contributed by atoms with Crippen molar-refractivity contribution in [1.29, 1.82) is 0 Å². The van der Waals surface area contributed by atoms with Crippen LogP contribution >= 0.6 is 23.2 Å². The second-order valence-corrected chi connectivity index (χ2v) is 8.60. The average Bonchev–Trinajstić information content (AvgIpc) is 2.71. The van der Waals surface area contributed by atoms with E-state index in [1.807, 2.05) is 56.3 Å². The van der Waals surface area contributed by atoms with E-state index in [0.717, 1.165) is 37.2 Å². The fraction of sp³-hybridized carbons (Fsp3) is 0.435. The molecule has 1 saturated heterocycles.